The molecule has 134 valence electrons. The molecule has 6 heteroatoms. The molecule has 0 aliphatic carbocycles. The Morgan fingerprint density at radius 3 is 2.96 bits per heavy atom. The Hall–Kier alpha value is -1.76. The number of nitrogens with zero attached hydrogens (tertiary/aromatic N) is 4. The second-order valence-electron chi connectivity index (χ2n) is 7.25. The van der Waals surface area contributed by atoms with Crippen molar-refractivity contribution in [3.63, 3.8) is 0 Å². The van der Waals surface area contributed by atoms with Crippen molar-refractivity contribution in [2.24, 2.45) is 0 Å². The number of piperidine rings is 1. The minimum Gasteiger partial charge on any atom is -0.339 e. The molecule has 6 nitrogen and oxygen atoms in total. The third-order valence-corrected chi connectivity index (χ3v) is 5.37. The van der Waals surface area contributed by atoms with E-state index < -0.39 is 0 Å². The smallest absolute Gasteiger partial charge is 0.231 e. The summed E-state index contributed by atoms with van der Waals surface area (Å²) in [6.07, 6.45) is 2.31. The molecule has 3 heterocycles. The quantitative estimate of drug-likeness (QED) is 0.918. The first kappa shape index (κ1) is 16.7. The highest BCUT2D eigenvalue weighted by Crippen LogP contribution is 2.28. The van der Waals surface area contributed by atoms with Gasteiger partial charge in [0.1, 0.15) is 0 Å². The van der Waals surface area contributed by atoms with Crippen molar-refractivity contribution in [1.82, 2.24) is 25.3 Å². The van der Waals surface area contributed by atoms with Gasteiger partial charge in [-0.1, -0.05) is 35.5 Å². The van der Waals surface area contributed by atoms with Gasteiger partial charge in [0.2, 0.25) is 5.89 Å². The summed E-state index contributed by atoms with van der Waals surface area (Å²) in [6, 6.07) is 10.9. The first-order chi connectivity index (χ1) is 12.3. The number of piperazine rings is 1. The summed E-state index contributed by atoms with van der Waals surface area (Å²) in [7, 11) is 2.13. The Morgan fingerprint density at radius 1 is 1.24 bits per heavy atom. The van der Waals surface area contributed by atoms with Gasteiger partial charge in [0.05, 0.1) is 12.0 Å². The lowest BCUT2D eigenvalue weighted by molar-refractivity contribution is 0.178. The van der Waals surface area contributed by atoms with Crippen LogP contribution >= 0.6 is 0 Å². The largest absolute Gasteiger partial charge is 0.339 e. The summed E-state index contributed by atoms with van der Waals surface area (Å²) in [5, 5.41) is 7.70. The Balaban J connectivity index is 1.41. The number of hydrogen-bond acceptors (Lipinski definition) is 6. The van der Waals surface area contributed by atoms with Crippen LogP contribution in [-0.4, -0.2) is 59.7 Å². The van der Waals surface area contributed by atoms with Crippen LogP contribution in [0.5, 0.6) is 0 Å². The Bertz CT molecular complexity index is 673. The van der Waals surface area contributed by atoms with Gasteiger partial charge < -0.3 is 9.84 Å². The number of benzene rings is 1. The Kier molecular flexibility index (Phi) is 5.10. The third-order valence-electron chi connectivity index (χ3n) is 5.37. The van der Waals surface area contributed by atoms with E-state index in [2.05, 4.69) is 57.7 Å². The molecule has 2 saturated heterocycles. The van der Waals surface area contributed by atoms with Crippen LogP contribution in [0.3, 0.4) is 0 Å². The van der Waals surface area contributed by atoms with Crippen LogP contribution in [0.2, 0.25) is 0 Å². The maximum absolute atomic E-state index is 5.66. The first-order valence-corrected chi connectivity index (χ1v) is 9.30. The van der Waals surface area contributed by atoms with Crippen LogP contribution in [0.15, 0.2) is 34.9 Å². The third kappa shape index (κ3) is 3.92. The number of aromatic nitrogens is 2. The predicted molar refractivity (Wildman–Crippen MR) is 96.2 cm³/mol. The van der Waals surface area contributed by atoms with Crippen LogP contribution in [0.4, 0.5) is 0 Å². The summed E-state index contributed by atoms with van der Waals surface area (Å²) in [6.45, 7) is 6.06. The van der Waals surface area contributed by atoms with E-state index in [1.807, 2.05) is 0 Å². The lowest BCUT2D eigenvalue weighted by Crippen LogP contribution is -2.44. The van der Waals surface area contributed by atoms with Gasteiger partial charge in [-0.2, -0.15) is 4.98 Å². The Morgan fingerprint density at radius 2 is 2.12 bits per heavy atom. The lowest BCUT2D eigenvalue weighted by atomic mass is 9.97. The van der Waals surface area contributed by atoms with E-state index in [0.29, 0.717) is 5.92 Å². The zero-order chi connectivity index (χ0) is 17.1. The van der Waals surface area contributed by atoms with E-state index in [4.69, 9.17) is 9.51 Å². The number of nitrogens with one attached hydrogen (secondary N) is 1. The Labute approximate surface area is 149 Å². The maximum atomic E-state index is 5.66. The maximum Gasteiger partial charge on any atom is 0.231 e. The molecule has 2 fully saturated rings. The van der Waals surface area contributed by atoms with Crippen molar-refractivity contribution >= 4 is 0 Å². The SMILES string of the molecule is CN1CCNCC1c1noc(C2CCCN(Cc3ccccc3)C2)n1. The van der Waals surface area contributed by atoms with Crippen LogP contribution in [0, 0.1) is 0 Å². The molecule has 2 unspecified atom stereocenters. The molecule has 0 saturated carbocycles. The highest BCUT2D eigenvalue weighted by molar-refractivity contribution is 5.14. The molecule has 4 rings (SSSR count). The zero-order valence-electron chi connectivity index (χ0n) is 14.9. The molecule has 0 bridgehead atoms. The second-order valence-corrected chi connectivity index (χ2v) is 7.25. The minimum atomic E-state index is 0.218. The molecule has 1 N–H and O–H groups in total. The second kappa shape index (κ2) is 7.64. The highest BCUT2D eigenvalue weighted by Gasteiger charge is 2.29. The topological polar surface area (TPSA) is 57.4 Å². The van der Waals surface area contributed by atoms with E-state index in [1.165, 1.54) is 12.0 Å². The normalized spacial score (nSPS) is 26.0. The van der Waals surface area contributed by atoms with Gasteiger partial charge in [-0.15, -0.1) is 0 Å². The molecule has 2 aromatic rings. The first-order valence-electron chi connectivity index (χ1n) is 9.30. The summed E-state index contributed by atoms with van der Waals surface area (Å²) >= 11 is 0. The molecule has 0 radical (unpaired) electrons. The van der Waals surface area contributed by atoms with E-state index in [9.17, 15) is 0 Å². The fraction of sp³-hybridized carbons (Fsp3) is 0.579. The van der Waals surface area contributed by atoms with Gasteiger partial charge in [-0.05, 0) is 32.0 Å². The number of likely N-dealkylation sites (tertiary alicyclic amines) is 1. The van der Waals surface area contributed by atoms with Crippen molar-refractivity contribution < 1.29 is 4.52 Å². The molecular formula is C19H27N5O. The monoisotopic (exact) mass is 341 g/mol. The molecule has 1 aromatic carbocycles. The van der Waals surface area contributed by atoms with Gasteiger partial charge in [0.25, 0.3) is 0 Å². The molecule has 1 aromatic heterocycles. The molecule has 25 heavy (non-hydrogen) atoms. The fourth-order valence-electron chi connectivity index (χ4n) is 3.89. The number of hydrogen-bond donors (Lipinski definition) is 1. The van der Waals surface area contributed by atoms with Crippen molar-refractivity contribution in [1.29, 1.82) is 0 Å². The zero-order valence-corrected chi connectivity index (χ0v) is 14.9. The minimum absolute atomic E-state index is 0.218. The van der Waals surface area contributed by atoms with Gasteiger partial charge in [0.15, 0.2) is 5.82 Å². The van der Waals surface area contributed by atoms with Crippen LogP contribution in [0.25, 0.3) is 0 Å². The van der Waals surface area contributed by atoms with Gasteiger partial charge in [0, 0.05) is 32.7 Å². The molecule has 2 atom stereocenters. The fourth-order valence-corrected chi connectivity index (χ4v) is 3.89. The average Bonchev–Trinajstić information content (AvgIpc) is 3.13. The van der Waals surface area contributed by atoms with E-state index in [-0.39, 0.29) is 6.04 Å². The summed E-state index contributed by atoms with van der Waals surface area (Å²) in [5.41, 5.74) is 1.37. The lowest BCUT2D eigenvalue weighted by Gasteiger charge is -2.31. The van der Waals surface area contributed by atoms with Crippen molar-refractivity contribution in [3.8, 4) is 0 Å². The van der Waals surface area contributed by atoms with Crippen molar-refractivity contribution in [2.75, 3.05) is 39.8 Å². The molecule has 2 aliphatic heterocycles. The summed E-state index contributed by atoms with van der Waals surface area (Å²) < 4.78 is 5.66. The highest BCUT2D eigenvalue weighted by atomic mass is 16.5. The van der Waals surface area contributed by atoms with Crippen LogP contribution < -0.4 is 5.32 Å². The van der Waals surface area contributed by atoms with Gasteiger partial charge in [-0.3, -0.25) is 9.80 Å². The number of rotatable bonds is 4. The molecule has 2 aliphatic rings. The van der Waals surface area contributed by atoms with Gasteiger partial charge >= 0.3 is 0 Å². The van der Waals surface area contributed by atoms with Crippen LogP contribution in [-0.2, 0) is 6.54 Å². The van der Waals surface area contributed by atoms with E-state index in [1.54, 1.807) is 0 Å². The standard InChI is InChI=1S/C19H27N5O/c1-23-11-9-20-12-17(23)18-21-19(25-22-18)16-8-5-10-24(14-16)13-15-6-3-2-4-7-15/h2-4,6-7,16-17,20H,5,8-14H2,1H3. The molecule has 0 spiro atoms. The van der Waals surface area contributed by atoms with Gasteiger partial charge in [-0.25, -0.2) is 0 Å². The number of likely N-dealkylation sites (N-methyl/N-ethyl adjacent to an activating group) is 1. The van der Waals surface area contributed by atoms with Crippen molar-refractivity contribution in [2.45, 2.75) is 31.3 Å². The predicted octanol–water partition coefficient (Wildman–Crippen LogP) is 2.03. The van der Waals surface area contributed by atoms with Crippen molar-refractivity contribution in [3.05, 3.63) is 47.6 Å². The van der Waals surface area contributed by atoms with E-state index in [0.717, 1.165) is 57.4 Å². The van der Waals surface area contributed by atoms with Crippen LogP contribution in [0.1, 0.15) is 42.1 Å². The van der Waals surface area contributed by atoms with E-state index >= 15 is 0 Å². The molecule has 0 amide bonds. The summed E-state index contributed by atoms with van der Waals surface area (Å²) in [5.74, 6) is 1.98. The summed E-state index contributed by atoms with van der Waals surface area (Å²) in [4.78, 5) is 9.56. The average molecular weight is 341 g/mol. The molecular weight excluding hydrogens is 314 g/mol.